The summed E-state index contributed by atoms with van der Waals surface area (Å²) in [5.41, 5.74) is 8.98. The Morgan fingerprint density at radius 1 is 0.656 bits per heavy atom. The van der Waals surface area contributed by atoms with E-state index in [0.29, 0.717) is 11.8 Å². The molecule has 0 saturated carbocycles. The molecule has 0 aliphatic heterocycles. The van der Waals surface area contributed by atoms with Gasteiger partial charge in [-0.05, 0) is 57.5 Å². The van der Waals surface area contributed by atoms with Crippen molar-refractivity contribution < 1.29 is 50.7 Å². The van der Waals surface area contributed by atoms with Crippen molar-refractivity contribution in [3.63, 3.8) is 0 Å². The van der Waals surface area contributed by atoms with Crippen LogP contribution in [0.5, 0.6) is 0 Å². The van der Waals surface area contributed by atoms with Crippen LogP contribution in [0.15, 0.2) is 97.1 Å². The number of fused-ring (bicyclic) bond motifs is 5. The Labute approximate surface area is 221 Å². The molecule has 0 heterocycles. The minimum Gasteiger partial charge on any atom is -1.00 e. The molecule has 3 aromatic carbocycles. The van der Waals surface area contributed by atoms with Crippen molar-refractivity contribution in [3.05, 3.63) is 119 Å². The molecular weight excluding hydrogens is 598 g/mol. The molecule has 3 aliphatic rings. The fraction of sp³-hybridized carbons (Fsp3) is 0.172. The SMILES string of the molecule is C1=CC2=c3ccccc3=C(CCCC3c4ccccc4-c4ccccc43)C2C=C1.[Cl-].[Cl-].[Hf+2]. The number of benzene rings is 3. The van der Waals surface area contributed by atoms with Crippen molar-refractivity contribution in [2.75, 3.05) is 0 Å². The molecule has 3 aliphatic carbocycles. The van der Waals surface area contributed by atoms with Crippen LogP contribution >= 0.6 is 0 Å². The summed E-state index contributed by atoms with van der Waals surface area (Å²) in [4.78, 5) is 0. The summed E-state index contributed by atoms with van der Waals surface area (Å²) in [5.74, 6) is 1.01. The van der Waals surface area contributed by atoms with Gasteiger partial charge in [0.1, 0.15) is 0 Å². The molecule has 0 aromatic heterocycles. The molecule has 0 spiro atoms. The Balaban J connectivity index is 0.000000963. The second-order valence-corrected chi connectivity index (χ2v) is 8.37. The van der Waals surface area contributed by atoms with E-state index >= 15 is 0 Å². The van der Waals surface area contributed by atoms with Gasteiger partial charge in [-0.15, -0.1) is 0 Å². The Bertz CT molecular complexity index is 1260. The first-order valence-electron chi connectivity index (χ1n) is 10.8. The summed E-state index contributed by atoms with van der Waals surface area (Å²) in [5, 5.41) is 2.90. The van der Waals surface area contributed by atoms with Gasteiger partial charge < -0.3 is 24.8 Å². The molecule has 0 saturated heterocycles. The number of halogens is 2. The van der Waals surface area contributed by atoms with Gasteiger partial charge in [-0.25, -0.2) is 0 Å². The molecule has 32 heavy (non-hydrogen) atoms. The zero-order valence-corrected chi connectivity index (χ0v) is 22.9. The van der Waals surface area contributed by atoms with E-state index in [0.717, 1.165) is 0 Å². The Kier molecular flexibility index (Phi) is 8.20. The van der Waals surface area contributed by atoms with E-state index in [2.05, 4.69) is 97.1 Å². The van der Waals surface area contributed by atoms with Crippen LogP contribution in [-0.4, -0.2) is 0 Å². The summed E-state index contributed by atoms with van der Waals surface area (Å²) in [6.45, 7) is 0. The predicted octanol–water partition coefficient (Wildman–Crippen LogP) is -0.268. The third kappa shape index (κ3) is 4.04. The molecule has 0 amide bonds. The van der Waals surface area contributed by atoms with Gasteiger partial charge in [0.05, 0.1) is 0 Å². The van der Waals surface area contributed by atoms with Crippen LogP contribution in [0.3, 0.4) is 0 Å². The molecule has 1 atom stereocenters. The summed E-state index contributed by atoms with van der Waals surface area (Å²) in [6, 6.07) is 26.9. The maximum Gasteiger partial charge on any atom is 2.00 e. The second kappa shape index (κ2) is 10.5. The maximum atomic E-state index is 2.38. The van der Waals surface area contributed by atoms with Crippen LogP contribution in [0.4, 0.5) is 0 Å². The third-order valence-electron chi connectivity index (χ3n) is 6.89. The molecule has 0 nitrogen and oxygen atoms in total. The first-order chi connectivity index (χ1) is 14.4. The van der Waals surface area contributed by atoms with Crippen molar-refractivity contribution in [1.82, 2.24) is 0 Å². The summed E-state index contributed by atoms with van der Waals surface area (Å²) < 4.78 is 0. The van der Waals surface area contributed by atoms with Crippen molar-refractivity contribution in [1.29, 1.82) is 0 Å². The molecule has 6 rings (SSSR count). The van der Waals surface area contributed by atoms with Gasteiger partial charge in [0.15, 0.2) is 0 Å². The smallest absolute Gasteiger partial charge is 1.00 e. The zero-order chi connectivity index (χ0) is 19.2. The topological polar surface area (TPSA) is 0 Å². The van der Waals surface area contributed by atoms with Crippen LogP contribution in [0, 0.1) is 5.92 Å². The average molecular weight is 622 g/mol. The summed E-state index contributed by atoms with van der Waals surface area (Å²) in [7, 11) is 0. The molecule has 3 aromatic rings. The number of hydrogen-bond acceptors (Lipinski definition) is 0. The van der Waals surface area contributed by atoms with Gasteiger partial charge in [0.2, 0.25) is 0 Å². The summed E-state index contributed by atoms with van der Waals surface area (Å²) >= 11 is 0. The standard InChI is InChI=1S/C29H24.2ClH.Hf/c1-5-14-24-20(10-1)21-11-2-6-15-25(21)28(24)18-9-19-29-26-16-7-3-12-22(26)23-13-4-8-17-27(23)29;;;/h1-8,10-17,24,29H,9,18-19H2;2*1H;/q;;;+2/p-2. The largest absolute Gasteiger partial charge is 2.00 e. The zero-order valence-electron chi connectivity index (χ0n) is 17.8. The van der Waals surface area contributed by atoms with E-state index in [1.54, 1.807) is 5.57 Å². The Morgan fingerprint density at radius 2 is 1.25 bits per heavy atom. The van der Waals surface area contributed by atoms with Gasteiger partial charge in [-0.3, -0.25) is 0 Å². The van der Waals surface area contributed by atoms with Crippen molar-refractivity contribution in [2.24, 2.45) is 5.92 Å². The molecule has 158 valence electrons. The predicted molar refractivity (Wildman–Crippen MR) is 122 cm³/mol. The second-order valence-electron chi connectivity index (χ2n) is 8.37. The van der Waals surface area contributed by atoms with E-state index in [1.165, 1.54) is 57.5 Å². The molecule has 3 heteroatoms. The van der Waals surface area contributed by atoms with E-state index in [4.69, 9.17) is 0 Å². The van der Waals surface area contributed by atoms with Crippen LogP contribution in [0.2, 0.25) is 0 Å². The van der Waals surface area contributed by atoms with Crippen LogP contribution in [0.1, 0.15) is 36.3 Å². The van der Waals surface area contributed by atoms with E-state index in [9.17, 15) is 0 Å². The normalized spacial score (nSPS) is 16.8. The first kappa shape index (κ1) is 25.0. The van der Waals surface area contributed by atoms with Gasteiger partial charge >= 0.3 is 25.8 Å². The van der Waals surface area contributed by atoms with Crippen molar-refractivity contribution in [2.45, 2.75) is 25.2 Å². The van der Waals surface area contributed by atoms with Gasteiger partial charge in [-0.2, -0.15) is 0 Å². The minimum absolute atomic E-state index is 0. The Hall–Kier alpha value is -1.67. The molecule has 1 unspecified atom stereocenters. The van der Waals surface area contributed by atoms with Crippen molar-refractivity contribution >= 4 is 11.1 Å². The molecule has 0 bridgehead atoms. The summed E-state index contributed by atoms with van der Waals surface area (Å²) in [6.07, 6.45) is 12.7. The number of allylic oxidation sites excluding steroid dienone is 4. The van der Waals surface area contributed by atoms with E-state index in [1.807, 2.05) is 0 Å². The fourth-order valence-electron chi connectivity index (χ4n) is 5.64. The average Bonchev–Trinajstić information content (AvgIpc) is 3.28. The number of rotatable bonds is 4. The maximum absolute atomic E-state index is 2.38. The van der Waals surface area contributed by atoms with Gasteiger partial charge in [0.25, 0.3) is 0 Å². The van der Waals surface area contributed by atoms with Crippen LogP contribution in [0.25, 0.3) is 22.3 Å². The minimum atomic E-state index is 0. The third-order valence-corrected chi connectivity index (χ3v) is 6.89. The van der Waals surface area contributed by atoms with Crippen LogP contribution < -0.4 is 35.3 Å². The molecule has 0 N–H and O–H groups in total. The first-order valence-corrected chi connectivity index (χ1v) is 10.8. The van der Waals surface area contributed by atoms with E-state index in [-0.39, 0.29) is 50.7 Å². The number of hydrogen-bond donors (Lipinski definition) is 0. The van der Waals surface area contributed by atoms with Crippen molar-refractivity contribution in [3.8, 4) is 11.1 Å². The van der Waals surface area contributed by atoms with E-state index < -0.39 is 0 Å². The van der Waals surface area contributed by atoms with Gasteiger partial charge in [0, 0.05) is 11.8 Å². The monoisotopic (exact) mass is 622 g/mol. The quantitative estimate of drug-likeness (QED) is 0.353. The fourth-order valence-corrected chi connectivity index (χ4v) is 5.64. The molecular formula is C29H24Cl2Hf. The van der Waals surface area contributed by atoms with Gasteiger partial charge in [-0.1, -0.05) is 103 Å². The molecule has 0 radical (unpaired) electrons. The Morgan fingerprint density at radius 3 is 1.94 bits per heavy atom. The van der Waals surface area contributed by atoms with Crippen LogP contribution in [-0.2, 0) is 25.8 Å². The molecule has 0 fully saturated rings.